The van der Waals surface area contributed by atoms with E-state index in [4.69, 9.17) is 4.98 Å². The molecule has 0 atom stereocenters. The molecule has 0 unspecified atom stereocenters. The van der Waals surface area contributed by atoms with Crippen LogP contribution in [0.2, 0.25) is 0 Å². The first-order chi connectivity index (χ1) is 9.65. The molecule has 0 saturated carbocycles. The van der Waals surface area contributed by atoms with Crippen molar-refractivity contribution >= 4 is 27.0 Å². The van der Waals surface area contributed by atoms with Gasteiger partial charge in [0.05, 0.1) is 11.0 Å². The zero-order valence-electron chi connectivity index (χ0n) is 11.7. The van der Waals surface area contributed by atoms with Gasteiger partial charge >= 0.3 is 0 Å². The van der Waals surface area contributed by atoms with Crippen molar-refractivity contribution in [3.05, 3.63) is 64.4 Å². The highest BCUT2D eigenvalue weighted by Crippen LogP contribution is 2.23. The van der Waals surface area contributed by atoms with Crippen LogP contribution in [-0.2, 0) is 6.54 Å². The molecule has 0 bridgehead atoms. The van der Waals surface area contributed by atoms with Gasteiger partial charge in [-0.3, -0.25) is 0 Å². The van der Waals surface area contributed by atoms with E-state index >= 15 is 0 Å². The molecular formula is C17H17BrN2. The standard InChI is InChI=1S/C17H17BrN2/c1-12(2)17-19-15-8-3-4-9-16(15)20(17)11-13-6-5-7-14(18)10-13/h3-10,12H,11H2,1-2H3. The second-order valence-electron chi connectivity index (χ2n) is 5.33. The number of hydrogen-bond acceptors (Lipinski definition) is 1. The molecule has 3 heteroatoms. The van der Waals surface area contributed by atoms with Gasteiger partial charge in [-0.1, -0.05) is 54.0 Å². The molecule has 1 aromatic heterocycles. The predicted octanol–water partition coefficient (Wildman–Crippen LogP) is 4.97. The van der Waals surface area contributed by atoms with Gasteiger partial charge in [-0.2, -0.15) is 0 Å². The molecule has 0 spiro atoms. The minimum atomic E-state index is 0.412. The van der Waals surface area contributed by atoms with E-state index in [0.29, 0.717) is 5.92 Å². The number of halogens is 1. The summed E-state index contributed by atoms with van der Waals surface area (Å²) in [6.07, 6.45) is 0. The maximum atomic E-state index is 4.78. The third kappa shape index (κ3) is 2.50. The Kier molecular flexibility index (Phi) is 3.62. The summed E-state index contributed by atoms with van der Waals surface area (Å²) in [4.78, 5) is 4.78. The molecule has 3 aromatic rings. The van der Waals surface area contributed by atoms with Crippen LogP contribution in [0.15, 0.2) is 53.0 Å². The van der Waals surface area contributed by atoms with E-state index in [1.807, 2.05) is 6.07 Å². The fraction of sp³-hybridized carbons (Fsp3) is 0.235. The van der Waals surface area contributed by atoms with E-state index in [1.54, 1.807) is 0 Å². The summed E-state index contributed by atoms with van der Waals surface area (Å²) in [7, 11) is 0. The van der Waals surface area contributed by atoms with Gasteiger partial charge in [0, 0.05) is 16.9 Å². The van der Waals surface area contributed by atoms with E-state index in [-0.39, 0.29) is 0 Å². The van der Waals surface area contributed by atoms with Crippen molar-refractivity contribution in [2.45, 2.75) is 26.3 Å². The van der Waals surface area contributed by atoms with Crippen LogP contribution in [0.1, 0.15) is 31.2 Å². The molecule has 0 fully saturated rings. The molecule has 20 heavy (non-hydrogen) atoms. The Morgan fingerprint density at radius 1 is 1.10 bits per heavy atom. The van der Waals surface area contributed by atoms with Crippen molar-refractivity contribution < 1.29 is 0 Å². The van der Waals surface area contributed by atoms with Crippen LogP contribution in [0.5, 0.6) is 0 Å². The van der Waals surface area contributed by atoms with Crippen molar-refractivity contribution in [3.8, 4) is 0 Å². The lowest BCUT2D eigenvalue weighted by molar-refractivity contribution is 0.683. The van der Waals surface area contributed by atoms with E-state index in [9.17, 15) is 0 Å². The number of imidazole rings is 1. The first-order valence-corrected chi connectivity index (χ1v) is 7.64. The smallest absolute Gasteiger partial charge is 0.112 e. The largest absolute Gasteiger partial charge is 0.323 e. The number of hydrogen-bond donors (Lipinski definition) is 0. The summed E-state index contributed by atoms with van der Waals surface area (Å²) in [6, 6.07) is 16.8. The predicted molar refractivity (Wildman–Crippen MR) is 87.1 cm³/mol. The molecule has 102 valence electrons. The molecular weight excluding hydrogens is 312 g/mol. The molecule has 0 aliphatic heterocycles. The molecule has 3 rings (SSSR count). The van der Waals surface area contributed by atoms with Gasteiger partial charge < -0.3 is 4.57 Å². The summed E-state index contributed by atoms with van der Waals surface area (Å²) in [5, 5.41) is 0. The van der Waals surface area contributed by atoms with Gasteiger partial charge in [0.15, 0.2) is 0 Å². The van der Waals surface area contributed by atoms with E-state index in [2.05, 4.69) is 76.8 Å². The Bertz CT molecular complexity index is 744. The Morgan fingerprint density at radius 3 is 2.65 bits per heavy atom. The fourth-order valence-corrected chi connectivity index (χ4v) is 2.97. The van der Waals surface area contributed by atoms with E-state index in [0.717, 1.165) is 22.4 Å². The highest BCUT2D eigenvalue weighted by atomic mass is 79.9. The highest BCUT2D eigenvalue weighted by Gasteiger charge is 2.13. The summed E-state index contributed by atoms with van der Waals surface area (Å²) < 4.78 is 3.44. The lowest BCUT2D eigenvalue weighted by atomic mass is 10.2. The maximum Gasteiger partial charge on any atom is 0.112 e. The van der Waals surface area contributed by atoms with Gasteiger partial charge in [0.1, 0.15) is 5.82 Å². The van der Waals surface area contributed by atoms with Gasteiger partial charge in [-0.05, 0) is 29.8 Å². The lowest BCUT2D eigenvalue weighted by Crippen LogP contribution is -2.06. The van der Waals surface area contributed by atoms with Crippen LogP contribution in [-0.4, -0.2) is 9.55 Å². The molecule has 0 saturated heterocycles. The second-order valence-corrected chi connectivity index (χ2v) is 6.25. The number of rotatable bonds is 3. The monoisotopic (exact) mass is 328 g/mol. The molecule has 0 aliphatic rings. The SMILES string of the molecule is CC(C)c1nc2ccccc2n1Cc1cccc(Br)c1. The molecule has 2 aromatic carbocycles. The van der Waals surface area contributed by atoms with Crippen LogP contribution in [0.3, 0.4) is 0 Å². The van der Waals surface area contributed by atoms with Gasteiger partial charge in [0.2, 0.25) is 0 Å². The minimum absolute atomic E-state index is 0.412. The Balaban J connectivity index is 2.11. The fourth-order valence-electron chi connectivity index (χ4n) is 2.52. The lowest BCUT2D eigenvalue weighted by Gasteiger charge is -2.12. The first-order valence-electron chi connectivity index (χ1n) is 6.85. The quantitative estimate of drug-likeness (QED) is 0.663. The third-order valence-corrected chi connectivity index (χ3v) is 3.92. The van der Waals surface area contributed by atoms with Crippen molar-refractivity contribution in [2.24, 2.45) is 0 Å². The van der Waals surface area contributed by atoms with Gasteiger partial charge in [0.25, 0.3) is 0 Å². The van der Waals surface area contributed by atoms with Crippen molar-refractivity contribution in [1.29, 1.82) is 0 Å². The number of aromatic nitrogens is 2. The van der Waals surface area contributed by atoms with Crippen LogP contribution in [0.4, 0.5) is 0 Å². The van der Waals surface area contributed by atoms with E-state index < -0.39 is 0 Å². The summed E-state index contributed by atoms with van der Waals surface area (Å²) in [5.74, 6) is 1.56. The number of benzene rings is 2. The molecule has 0 N–H and O–H groups in total. The maximum absolute atomic E-state index is 4.78. The summed E-state index contributed by atoms with van der Waals surface area (Å²) in [6.45, 7) is 5.24. The normalized spacial score (nSPS) is 11.4. The molecule has 0 amide bonds. The van der Waals surface area contributed by atoms with Crippen molar-refractivity contribution in [1.82, 2.24) is 9.55 Å². The molecule has 2 nitrogen and oxygen atoms in total. The molecule has 0 radical (unpaired) electrons. The number of fused-ring (bicyclic) bond motifs is 1. The molecule has 0 aliphatic carbocycles. The number of para-hydroxylation sites is 2. The van der Waals surface area contributed by atoms with Crippen LogP contribution in [0, 0.1) is 0 Å². The Hall–Kier alpha value is -1.61. The number of nitrogens with zero attached hydrogens (tertiary/aromatic N) is 2. The van der Waals surface area contributed by atoms with Crippen molar-refractivity contribution in [3.63, 3.8) is 0 Å². The molecule has 1 heterocycles. The van der Waals surface area contributed by atoms with Gasteiger partial charge in [-0.15, -0.1) is 0 Å². The Morgan fingerprint density at radius 2 is 1.90 bits per heavy atom. The third-order valence-electron chi connectivity index (χ3n) is 3.43. The van der Waals surface area contributed by atoms with Crippen LogP contribution < -0.4 is 0 Å². The summed E-state index contributed by atoms with van der Waals surface area (Å²) >= 11 is 3.54. The van der Waals surface area contributed by atoms with Crippen LogP contribution in [0.25, 0.3) is 11.0 Å². The topological polar surface area (TPSA) is 17.8 Å². The zero-order chi connectivity index (χ0) is 14.1. The Labute approximate surface area is 127 Å². The van der Waals surface area contributed by atoms with Crippen LogP contribution >= 0.6 is 15.9 Å². The second kappa shape index (κ2) is 5.41. The van der Waals surface area contributed by atoms with Crippen molar-refractivity contribution in [2.75, 3.05) is 0 Å². The van der Waals surface area contributed by atoms with E-state index in [1.165, 1.54) is 11.1 Å². The highest BCUT2D eigenvalue weighted by molar-refractivity contribution is 9.10. The first kappa shape index (κ1) is 13.4. The van der Waals surface area contributed by atoms with Gasteiger partial charge in [-0.25, -0.2) is 4.98 Å². The summed E-state index contributed by atoms with van der Waals surface area (Å²) in [5.41, 5.74) is 3.56. The zero-order valence-corrected chi connectivity index (χ0v) is 13.3. The average molecular weight is 329 g/mol. The minimum Gasteiger partial charge on any atom is -0.323 e. The average Bonchev–Trinajstić information content (AvgIpc) is 2.78.